The van der Waals surface area contributed by atoms with Crippen molar-refractivity contribution in [2.45, 2.75) is 119 Å². The number of sulfonamides is 1. The molecule has 5 aliphatic rings. The Labute approximate surface area is 378 Å². The lowest BCUT2D eigenvalue weighted by Gasteiger charge is -2.38. The average molecular weight is 944 g/mol. The first kappa shape index (κ1) is 46.4. The molecule has 4 amide bonds. The number of nitrogens with one attached hydrogen (secondary N) is 3. The quantitative estimate of drug-likeness (QED) is 0.221. The maximum atomic E-state index is 15.1. The van der Waals surface area contributed by atoms with Crippen molar-refractivity contribution >= 4 is 45.2 Å². The van der Waals surface area contributed by atoms with E-state index in [2.05, 4.69) is 25.3 Å². The van der Waals surface area contributed by atoms with Crippen LogP contribution in [-0.4, -0.2) is 112 Å². The van der Waals surface area contributed by atoms with Gasteiger partial charge < -0.3 is 29.7 Å². The fourth-order valence-corrected chi connectivity index (χ4v) is 10.9. The molecule has 2 saturated heterocycles. The summed E-state index contributed by atoms with van der Waals surface area (Å²) in [4.78, 5) is 72.6. The SMILES string of the molecule is C[C@@H]1CC/C=C\[C@@H]2C[C@@]2(C(=O)NS(=O)(=O)C2(C)CC2)NC(=O)[C@@H]2C[C@@H](Oc3cc(-c4cccnc4)nc(-c4cncs4)c3)CN2C(=O)[C@@H](NC(=O)OC2(C(F)(F)F)CCCOC2)[C@H](C)C1. The molecule has 3 aliphatic heterocycles. The fraction of sp³-hybridized carbons (Fsp3) is 0.568. The van der Waals surface area contributed by atoms with Crippen LogP contribution in [0.15, 0.2) is 60.5 Å². The number of thiazole rings is 1. The zero-order valence-electron chi connectivity index (χ0n) is 36.1. The number of alkyl carbamates (subject to hydrolysis) is 1. The van der Waals surface area contributed by atoms with Gasteiger partial charge in [-0.15, -0.1) is 11.3 Å². The summed E-state index contributed by atoms with van der Waals surface area (Å²) in [5.74, 6) is -3.42. The minimum atomic E-state index is -4.98. The van der Waals surface area contributed by atoms with E-state index in [1.54, 1.807) is 62.2 Å². The Balaban J connectivity index is 1.14. The number of carbonyl (C=O) groups excluding carboxylic acids is 4. The smallest absolute Gasteiger partial charge is 0.430 e. The molecule has 0 aromatic carbocycles. The van der Waals surface area contributed by atoms with Gasteiger partial charge in [0.1, 0.15) is 29.5 Å². The number of halogens is 3. The van der Waals surface area contributed by atoms with Gasteiger partial charge in [0, 0.05) is 61.7 Å². The van der Waals surface area contributed by atoms with Crippen molar-refractivity contribution < 1.29 is 55.0 Å². The molecule has 2 aliphatic carbocycles. The summed E-state index contributed by atoms with van der Waals surface area (Å²) in [5, 5.41) is 5.29. The molecule has 0 bridgehead atoms. The Morgan fingerprint density at radius 3 is 2.54 bits per heavy atom. The van der Waals surface area contributed by atoms with Crippen LogP contribution >= 0.6 is 11.3 Å². The molecular weight excluding hydrogens is 892 g/mol. The topological polar surface area (TPSA) is 208 Å². The minimum Gasteiger partial charge on any atom is -0.488 e. The number of hydrogen-bond donors (Lipinski definition) is 3. The highest BCUT2D eigenvalue weighted by atomic mass is 32.2. The molecule has 1 unspecified atom stereocenters. The van der Waals surface area contributed by atoms with Gasteiger partial charge in [0.25, 0.3) is 5.91 Å². The third-order valence-corrected chi connectivity index (χ3v) is 16.2. The van der Waals surface area contributed by atoms with Gasteiger partial charge in [-0.25, -0.2) is 18.2 Å². The number of aromatic nitrogens is 3. The van der Waals surface area contributed by atoms with Gasteiger partial charge >= 0.3 is 12.3 Å². The van der Waals surface area contributed by atoms with Crippen LogP contribution < -0.4 is 20.1 Å². The molecule has 4 fully saturated rings. The summed E-state index contributed by atoms with van der Waals surface area (Å²) in [6, 6.07) is 4.15. The molecule has 350 valence electrons. The third kappa shape index (κ3) is 9.72. The Hall–Kier alpha value is -5.15. The van der Waals surface area contributed by atoms with E-state index in [9.17, 15) is 36.0 Å². The number of rotatable bonds is 9. The second-order valence-electron chi connectivity index (χ2n) is 18.3. The van der Waals surface area contributed by atoms with Crippen LogP contribution in [0.25, 0.3) is 21.8 Å². The summed E-state index contributed by atoms with van der Waals surface area (Å²) >= 11 is 1.36. The fourth-order valence-electron chi connectivity index (χ4n) is 8.96. The highest BCUT2D eigenvalue weighted by Gasteiger charge is 2.63. The summed E-state index contributed by atoms with van der Waals surface area (Å²) < 4.78 is 88.0. The van der Waals surface area contributed by atoms with Crippen LogP contribution in [-0.2, 0) is 33.9 Å². The molecular formula is C44H52F3N7O9S2. The molecule has 2 saturated carbocycles. The molecule has 0 spiro atoms. The van der Waals surface area contributed by atoms with E-state index in [0.29, 0.717) is 54.8 Å². The molecule has 3 aromatic heterocycles. The van der Waals surface area contributed by atoms with Crippen LogP contribution in [0.2, 0.25) is 0 Å². The van der Waals surface area contributed by atoms with E-state index >= 15 is 4.79 Å². The lowest BCUT2D eigenvalue weighted by Crippen LogP contribution is -2.60. The molecule has 3 N–H and O–H groups in total. The Bertz CT molecular complexity index is 2410. The number of nitrogens with zero attached hydrogens (tertiary/aromatic N) is 4. The van der Waals surface area contributed by atoms with Gasteiger partial charge in [-0.3, -0.25) is 29.1 Å². The third-order valence-electron chi connectivity index (χ3n) is 13.3. The number of allylic oxidation sites excluding steroid dienone is 1. The van der Waals surface area contributed by atoms with Crippen molar-refractivity contribution in [1.29, 1.82) is 0 Å². The number of hydrogen-bond acceptors (Lipinski definition) is 13. The molecule has 3 aromatic rings. The standard InChI is InChI=1S/C44H52F3N7O9S2/c1-26-8-4-5-10-29-20-43(29,39(57)53-65(59,60)41(3)12-13-41)52-37(55)34-19-31(62-30-17-32(28-9-6-14-48-21-28)50-33(18-30)35-22-49-25-64-35)23-54(34)38(56)36(27(2)16-26)51-40(58)63-42(44(45,46)47)11-7-15-61-24-42/h5-6,9-10,14,17-18,21-22,25-27,29,31,34,36H,4,7-8,11-13,15-16,19-20,23-24H2,1-3H3,(H,51,58)(H,52,55)(H,53,57)/b10-5-/t26-,27-,29-,31-,34+,36+,42?,43-/m1/s1. The van der Waals surface area contributed by atoms with Crippen molar-refractivity contribution in [3.05, 3.63) is 60.5 Å². The summed E-state index contributed by atoms with van der Waals surface area (Å²) in [7, 11) is -4.10. The van der Waals surface area contributed by atoms with Gasteiger partial charge in [-0.05, 0) is 75.8 Å². The average Bonchev–Trinajstić information content (AvgIpc) is 4.01. The zero-order valence-corrected chi connectivity index (χ0v) is 37.8. The van der Waals surface area contributed by atoms with Gasteiger partial charge in [0.15, 0.2) is 0 Å². The molecule has 21 heteroatoms. The monoisotopic (exact) mass is 943 g/mol. The Morgan fingerprint density at radius 1 is 1.08 bits per heavy atom. The van der Waals surface area contributed by atoms with Crippen LogP contribution in [0, 0.1) is 17.8 Å². The Kier molecular flexibility index (Phi) is 12.8. The van der Waals surface area contributed by atoms with E-state index in [1.165, 1.54) is 16.2 Å². The highest BCUT2D eigenvalue weighted by Crippen LogP contribution is 2.48. The zero-order chi connectivity index (χ0) is 46.4. The number of amides is 4. The first-order valence-corrected chi connectivity index (χ1v) is 24.2. The molecule has 6 heterocycles. The van der Waals surface area contributed by atoms with E-state index in [4.69, 9.17) is 19.2 Å². The van der Waals surface area contributed by atoms with Crippen LogP contribution in [0.1, 0.15) is 78.6 Å². The van der Waals surface area contributed by atoms with Gasteiger partial charge in [0.05, 0.1) is 39.7 Å². The van der Waals surface area contributed by atoms with Gasteiger partial charge in [-0.2, -0.15) is 13.2 Å². The second kappa shape index (κ2) is 17.9. The van der Waals surface area contributed by atoms with E-state index in [1.807, 2.05) is 19.1 Å². The number of fused-ring (bicyclic) bond motifs is 2. The maximum Gasteiger partial charge on any atom is 0.430 e. The molecule has 65 heavy (non-hydrogen) atoms. The predicted molar refractivity (Wildman–Crippen MR) is 230 cm³/mol. The number of pyridine rings is 2. The largest absolute Gasteiger partial charge is 0.488 e. The van der Waals surface area contributed by atoms with Crippen molar-refractivity contribution in [3.63, 3.8) is 0 Å². The number of ether oxygens (including phenoxy) is 3. The lowest BCUT2D eigenvalue weighted by atomic mass is 9.88. The highest BCUT2D eigenvalue weighted by molar-refractivity contribution is 7.91. The van der Waals surface area contributed by atoms with Crippen LogP contribution in [0.4, 0.5) is 18.0 Å². The van der Waals surface area contributed by atoms with Crippen molar-refractivity contribution in [3.8, 4) is 27.6 Å². The first-order valence-electron chi connectivity index (χ1n) is 21.8. The first-order chi connectivity index (χ1) is 30.8. The van der Waals surface area contributed by atoms with Crippen LogP contribution in [0.5, 0.6) is 5.75 Å². The van der Waals surface area contributed by atoms with E-state index < -0.39 is 99.0 Å². The van der Waals surface area contributed by atoms with E-state index in [0.717, 1.165) is 4.88 Å². The summed E-state index contributed by atoms with van der Waals surface area (Å²) in [6.45, 7) is 4.12. The predicted octanol–water partition coefficient (Wildman–Crippen LogP) is 5.71. The number of carbonyl (C=O) groups is 4. The van der Waals surface area contributed by atoms with E-state index in [-0.39, 0.29) is 38.3 Å². The van der Waals surface area contributed by atoms with Crippen LogP contribution in [0.3, 0.4) is 0 Å². The van der Waals surface area contributed by atoms with Crippen molar-refractivity contribution in [1.82, 2.24) is 35.2 Å². The number of alkyl halides is 3. The Morgan fingerprint density at radius 2 is 1.86 bits per heavy atom. The van der Waals surface area contributed by atoms with Crippen molar-refractivity contribution in [2.24, 2.45) is 17.8 Å². The summed E-state index contributed by atoms with van der Waals surface area (Å²) in [5.41, 5.74) is -1.21. The van der Waals surface area contributed by atoms with Gasteiger partial charge in [0.2, 0.25) is 27.4 Å². The minimum absolute atomic E-state index is 0.0119. The molecule has 0 radical (unpaired) electrons. The molecule has 16 nitrogen and oxygen atoms in total. The van der Waals surface area contributed by atoms with Crippen molar-refractivity contribution in [2.75, 3.05) is 19.8 Å². The van der Waals surface area contributed by atoms with Gasteiger partial charge in [-0.1, -0.05) is 26.0 Å². The molecule has 8 rings (SSSR count). The summed E-state index contributed by atoms with van der Waals surface area (Å²) in [6.07, 6.45) is 2.89. The maximum absolute atomic E-state index is 15.1. The normalized spacial score (nSPS) is 30.9. The second-order valence-corrected chi connectivity index (χ2v) is 21.4. The molecule has 8 atom stereocenters. The lowest BCUT2D eigenvalue weighted by molar-refractivity contribution is -0.285.